The van der Waals surface area contributed by atoms with Crippen LogP contribution in [-0.2, 0) is 16.0 Å². The van der Waals surface area contributed by atoms with E-state index < -0.39 is 0 Å². The number of nitrogens with zero attached hydrogens (tertiary/aromatic N) is 3. The van der Waals surface area contributed by atoms with Gasteiger partial charge < -0.3 is 15.6 Å². The van der Waals surface area contributed by atoms with Crippen molar-refractivity contribution in [1.82, 2.24) is 25.9 Å². The summed E-state index contributed by atoms with van der Waals surface area (Å²) in [7, 11) is 1.73. The van der Waals surface area contributed by atoms with Gasteiger partial charge in [0.15, 0.2) is 5.82 Å². The van der Waals surface area contributed by atoms with Crippen molar-refractivity contribution >= 4 is 12.3 Å². The lowest BCUT2D eigenvalue weighted by molar-refractivity contribution is -0.127. The average molecular weight is 374 g/mol. The molecule has 0 spiro atoms. The highest BCUT2D eigenvalue weighted by molar-refractivity contribution is 5.79. The van der Waals surface area contributed by atoms with Gasteiger partial charge in [-0.05, 0) is 24.9 Å². The van der Waals surface area contributed by atoms with E-state index in [2.05, 4.69) is 20.9 Å². The summed E-state index contributed by atoms with van der Waals surface area (Å²) in [6.07, 6.45) is 3.45. The molecule has 0 saturated heterocycles. The number of carbonyl (C=O) groups excluding carboxylic acids is 2. The third kappa shape index (κ3) is 6.80. The zero-order valence-corrected chi connectivity index (χ0v) is 15.4. The fraction of sp³-hybridized carbons (Fsp3) is 0.444. The maximum absolute atomic E-state index is 11.9. The molecular weight excluding hydrogens is 348 g/mol. The molecule has 9 nitrogen and oxygen atoms in total. The lowest BCUT2D eigenvalue weighted by atomic mass is 10.1. The van der Waals surface area contributed by atoms with Crippen LogP contribution < -0.4 is 16.5 Å². The number of aromatic nitrogens is 2. The number of carbonyl (C=O) groups is 2. The number of hydrogen-bond donors (Lipinski definition) is 3. The molecule has 4 N–H and O–H groups in total. The number of unbranched alkanes of at least 4 members (excludes halogenated alkanes) is 1. The van der Waals surface area contributed by atoms with Crippen molar-refractivity contribution in [3.8, 4) is 0 Å². The first-order valence-corrected chi connectivity index (χ1v) is 8.90. The van der Waals surface area contributed by atoms with Crippen molar-refractivity contribution in [1.29, 1.82) is 0 Å². The van der Waals surface area contributed by atoms with Gasteiger partial charge in [0.1, 0.15) is 6.04 Å². The van der Waals surface area contributed by atoms with Gasteiger partial charge in [-0.15, -0.1) is 0 Å². The van der Waals surface area contributed by atoms with Crippen LogP contribution in [0.15, 0.2) is 34.9 Å². The highest BCUT2D eigenvalue weighted by Crippen LogP contribution is 2.23. The highest BCUT2D eigenvalue weighted by Gasteiger charge is 2.24. The number of nitrogens with two attached hydrogens (primary N) is 1. The van der Waals surface area contributed by atoms with Crippen LogP contribution in [0, 0.1) is 0 Å². The van der Waals surface area contributed by atoms with Crippen LogP contribution in [-0.4, -0.2) is 47.6 Å². The van der Waals surface area contributed by atoms with Gasteiger partial charge in [0, 0.05) is 13.5 Å². The standard InChI is InChI=1S/C18H26N6O3/c1-24(22-17(26)12-20-13-25)15(9-5-6-10-19)18-21-16(23-27-18)11-14-7-3-2-4-8-14/h2-4,7-8,13,15H,5-6,9-12,19H2,1H3,(H,20,25)(H,22,26). The Hall–Kier alpha value is -2.78. The van der Waals surface area contributed by atoms with E-state index in [1.165, 1.54) is 0 Å². The molecule has 1 aromatic heterocycles. The summed E-state index contributed by atoms with van der Waals surface area (Å²) in [6.45, 7) is 0.488. The van der Waals surface area contributed by atoms with Crippen LogP contribution in [0.2, 0.25) is 0 Å². The van der Waals surface area contributed by atoms with Gasteiger partial charge in [0.2, 0.25) is 12.3 Å². The van der Waals surface area contributed by atoms with E-state index in [-0.39, 0.29) is 18.5 Å². The van der Waals surface area contributed by atoms with Gasteiger partial charge >= 0.3 is 0 Å². The second-order valence-corrected chi connectivity index (χ2v) is 6.16. The summed E-state index contributed by atoms with van der Waals surface area (Å²) >= 11 is 0. The summed E-state index contributed by atoms with van der Waals surface area (Å²) < 4.78 is 5.46. The van der Waals surface area contributed by atoms with Crippen molar-refractivity contribution < 1.29 is 14.1 Å². The van der Waals surface area contributed by atoms with Crippen LogP contribution in [0.1, 0.15) is 42.6 Å². The SMILES string of the molecule is CN(NC(=O)CNC=O)C(CCCCN)c1nc(Cc2ccccc2)no1. The van der Waals surface area contributed by atoms with E-state index in [1.807, 2.05) is 30.3 Å². The predicted molar refractivity (Wildman–Crippen MR) is 99.2 cm³/mol. The first-order valence-electron chi connectivity index (χ1n) is 8.90. The van der Waals surface area contributed by atoms with Crippen molar-refractivity contribution in [3.05, 3.63) is 47.6 Å². The Bertz CT molecular complexity index is 706. The second kappa shape index (κ2) is 11.0. The molecule has 0 bridgehead atoms. The van der Waals surface area contributed by atoms with Crippen LogP contribution in [0.25, 0.3) is 0 Å². The van der Waals surface area contributed by atoms with E-state index in [9.17, 15) is 9.59 Å². The third-order valence-electron chi connectivity index (χ3n) is 4.02. The molecule has 1 heterocycles. The van der Waals surface area contributed by atoms with Crippen molar-refractivity contribution in [2.75, 3.05) is 20.1 Å². The maximum Gasteiger partial charge on any atom is 0.253 e. The van der Waals surface area contributed by atoms with Gasteiger partial charge in [-0.2, -0.15) is 4.98 Å². The predicted octanol–water partition coefficient (Wildman–Crippen LogP) is 0.540. The number of hydrazine groups is 1. The molecule has 9 heteroatoms. The minimum atomic E-state index is -0.336. The zero-order valence-electron chi connectivity index (χ0n) is 15.4. The lowest BCUT2D eigenvalue weighted by Crippen LogP contribution is -2.45. The van der Waals surface area contributed by atoms with Gasteiger partial charge in [-0.3, -0.25) is 15.0 Å². The molecule has 0 saturated carbocycles. The number of rotatable bonds is 12. The molecule has 0 fully saturated rings. The van der Waals surface area contributed by atoms with Gasteiger partial charge in [0.25, 0.3) is 5.91 Å². The van der Waals surface area contributed by atoms with Gasteiger partial charge in [-0.25, -0.2) is 5.01 Å². The average Bonchev–Trinajstić information content (AvgIpc) is 3.12. The van der Waals surface area contributed by atoms with Crippen molar-refractivity contribution in [2.24, 2.45) is 5.73 Å². The molecule has 0 aliphatic carbocycles. The molecule has 1 atom stereocenters. The lowest BCUT2D eigenvalue weighted by Gasteiger charge is -2.25. The maximum atomic E-state index is 11.9. The molecule has 27 heavy (non-hydrogen) atoms. The summed E-state index contributed by atoms with van der Waals surface area (Å²) in [6, 6.07) is 9.59. The molecule has 1 aromatic carbocycles. The molecule has 2 amide bonds. The summed E-state index contributed by atoms with van der Waals surface area (Å²) in [5.74, 6) is 0.684. The molecule has 1 unspecified atom stereocenters. The first kappa shape index (κ1) is 20.5. The van der Waals surface area contributed by atoms with E-state index in [1.54, 1.807) is 12.1 Å². The quantitative estimate of drug-likeness (QED) is 0.281. The molecule has 2 rings (SSSR count). The smallest absolute Gasteiger partial charge is 0.253 e. The molecule has 0 radical (unpaired) electrons. The van der Waals surface area contributed by atoms with E-state index in [4.69, 9.17) is 10.3 Å². The zero-order chi connectivity index (χ0) is 19.5. The minimum Gasteiger partial charge on any atom is -0.350 e. The largest absolute Gasteiger partial charge is 0.350 e. The number of hydrogen-bond acceptors (Lipinski definition) is 7. The Kier molecular flexibility index (Phi) is 8.40. The molecule has 0 aliphatic heterocycles. The van der Waals surface area contributed by atoms with E-state index >= 15 is 0 Å². The van der Waals surface area contributed by atoms with E-state index in [0.717, 1.165) is 18.4 Å². The molecule has 146 valence electrons. The normalized spacial score (nSPS) is 12.0. The summed E-state index contributed by atoms with van der Waals surface area (Å²) in [4.78, 5) is 26.7. The van der Waals surface area contributed by atoms with Gasteiger partial charge in [-0.1, -0.05) is 41.9 Å². The van der Waals surface area contributed by atoms with Crippen molar-refractivity contribution in [2.45, 2.75) is 31.7 Å². The Morgan fingerprint density at radius 3 is 2.81 bits per heavy atom. The Morgan fingerprint density at radius 2 is 2.11 bits per heavy atom. The van der Waals surface area contributed by atoms with Crippen LogP contribution in [0.3, 0.4) is 0 Å². The molecular formula is C18H26N6O3. The van der Waals surface area contributed by atoms with E-state index in [0.29, 0.717) is 37.5 Å². The fourth-order valence-corrected chi connectivity index (χ4v) is 2.67. The summed E-state index contributed by atoms with van der Waals surface area (Å²) in [5.41, 5.74) is 9.38. The Morgan fingerprint density at radius 1 is 1.33 bits per heavy atom. The number of nitrogens with one attached hydrogen (secondary N) is 2. The van der Waals surface area contributed by atoms with Crippen LogP contribution >= 0.6 is 0 Å². The van der Waals surface area contributed by atoms with Gasteiger partial charge in [0.05, 0.1) is 6.54 Å². The topological polar surface area (TPSA) is 126 Å². The molecule has 2 aromatic rings. The number of benzene rings is 1. The fourth-order valence-electron chi connectivity index (χ4n) is 2.67. The summed E-state index contributed by atoms with van der Waals surface area (Å²) in [5, 5.41) is 8.02. The number of amides is 2. The first-order chi connectivity index (χ1) is 13.1. The highest BCUT2D eigenvalue weighted by atomic mass is 16.5. The third-order valence-corrected chi connectivity index (χ3v) is 4.02. The van der Waals surface area contributed by atoms with Crippen LogP contribution in [0.4, 0.5) is 0 Å². The minimum absolute atomic E-state index is 0.105. The Balaban J connectivity index is 2.06. The van der Waals surface area contributed by atoms with Crippen molar-refractivity contribution in [3.63, 3.8) is 0 Å². The molecule has 0 aliphatic rings. The monoisotopic (exact) mass is 374 g/mol. The van der Waals surface area contributed by atoms with Crippen LogP contribution in [0.5, 0.6) is 0 Å². The Labute approximate surface area is 158 Å². The second-order valence-electron chi connectivity index (χ2n) is 6.16.